The quantitative estimate of drug-likeness (QED) is 0.352. The summed E-state index contributed by atoms with van der Waals surface area (Å²) in [5.74, 6) is -0.976. The second-order valence-electron chi connectivity index (χ2n) is 11.7. The maximum absolute atomic E-state index is 13.7. The Morgan fingerprint density at radius 1 is 0.911 bits per heavy atom. The molecule has 244 valence electrons. The van der Waals surface area contributed by atoms with Gasteiger partial charge in [0.2, 0.25) is 5.91 Å². The van der Waals surface area contributed by atoms with Crippen LogP contribution in [0, 0.1) is 0 Å². The average molecular weight is 639 g/mol. The summed E-state index contributed by atoms with van der Waals surface area (Å²) >= 11 is 0. The van der Waals surface area contributed by atoms with E-state index < -0.39 is 41.0 Å². The molecule has 2 aliphatic heterocycles. The number of hydrazine groups is 1. The number of carbonyl (C=O) groups is 2. The molecule has 3 heterocycles. The number of carbonyl (C=O) groups excluding carboxylic acids is 2. The van der Waals surface area contributed by atoms with E-state index in [9.17, 15) is 35.9 Å². The third-order valence-electron chi connectivity index (χ3n) is 8.46. The SMILES string of the molecule is CN1CCN(NC(=O)CCCN2CCN(C(=O)c3cc(C(F)(F)F)cc(C(F)(F)F)c3)[C@H](Cc3c[nH]c4ccccc34)C2)CC1. The summed E-state index contributed by atoms with van der Waals surface area (Å²) in [6.07, 6.45) is -7.13. The highest BCUT2D eigenvalue weighted by Crippen LogP contribution is 2.37. The number of hydrogen-bond acceptors (Lipinski definition) is 5. The third kappa shape index (κ3) is 8.16. The molecule has 3 aromatic rings. The van der Waals surface area contributed by atoms with Crippen LogP contribution in [0.4, 0.5) is 26.3 Å². The smallest absolute Gasteiger partial charge is 0.361 e. The van der Waals surface area contributed by atoms with E-state index in [0.717, 1.165) is 42.6 Å². The molecule has 14 heteroatoms. The Labute approximate surface area is 256 Å². The summed E-state index contributed by atoms with van der Waals surface area (Å²) in [5.41, 5.74) is 0.976. The molecule has 2 aromatic carbocycles. The molecule has 0 spiro atoms. The van der Waals surface area contributed by atoms with Crippen LogP contribution in [0.1, 0.15) is 39.9 Å². The van der Waals surface area contributed by atoms with Crippen LogP contribution in [-0.2, 0) is 23.6 Å². The molecule has 45 heavy (non-hydrogen) atoms. The summed E-state index contributed by atoms with van der Waals surface area (Å²) in [4.78, 5) is 35.0. The topological polar surface area (TPSA) is 74.9 Å². The number of H-pyrrole nitrogens is 1. The highest BCUT2D eigenvalue weighted by molar-refractivity contribution is 5.95. The Hall–Kier alpha value is -3.62. The van der Waals surface area contributed by atoms with Gasteiger partial charge in [0, 0.05) is 80.9 Å². The maximum Gasteiger partial charge on any atom is 0.416 e. The molecular weight excluding hydrogens is 602 g/mol. The lowest BCUT2D eigenvalue weighted by Crippen LogP contribution is -2.56. The van der Waals surface area contributed by atoms with E-state index in [4.69, 9.17) is 0 Å². The number of alkyl halides is 6. The molecule has 0 unspecified atom stereocenters. The fraction of sp³-hybridized carbons (Fsp3) is 0.484. The number of likely N-dealkylation sites (N-methyl/N-ethyl adjacent to an activating group) is 1. The van der Waals surface area contributed by atoms with Gasteiger partial charge in [0.05, 0.1) is 11.1 Å². The van der Waals surface area contributed by atoms with Crippen LogP contribution in [0.3, 0.4) is 0 Å². The Morgan fingerprint density at radius 2 is 1.58 bits per heavy atom. The molecule has 0 aliphatic carbocycles. The standard InChI is InChI=1S/C31H36F6N6O2/c1-40-9-12-42(13-10-40)39-28(44)7-4-8-41-11-14-43(25(20-41)17-22-19-38-27-6-3-2-5-26(22)27)29(45)21-15-23(30(32,33)34)18-24(16-21)31(35,36)37/h2-3,5-6,15-16,18-19,25,38H,4,7-14,17,20H2,1H3,(H,39,44)/t25-/m1/s1. The van der Waals surface area contributed by atoms with Gasteiger partial charge in [0.25, 0.3) is 5.91 Å². The zero-order valence-electron chi connectivity index (χ0n) is 24.8. The predicted octanol–water partition coefficient (Wildman–Crippen LogP) is 4.63. The van der Waals surface area contributed by atoms with Crippen molar-refractivity contribution in [2.45, 2.75) is 37.7 Å². The van der Waals surface area contributed by atoms with Crippen molar-refractivity contribution in [1.82, 2.24) is 30.1 Å². The molecule has 1 atom stereocenters. The van der Waals surface area contributed by atoms with Crippen LogP contribution in [0.25, 0.3) is 10.9 Å². The Bertz CT molecular complexity index is 1470. The molecule has 5 rings (SSSR count). The third-order valence-corrected chi connectivity index (χ3v) is 8.46. The van der Waals surface area contributed by atoms with Gasteiger partial charge in [-0.05, 0) is 56.3 Å². The van der Waals surface area contributed by atoms with Crippen molar-refractivity contribution < 1.29 is 35.9 Å². The van der Waals surface area contributed by atoms with Crippen molar-refractivity contribution in [3.8, 4) is 0 Å². The lowest BCUT2D eigenvalue weighted by Gasteiger charge is -2.42. The van der Waals surface area contributed by atoms with Crippen LogP contribution in [-0.4, -0.2) is 102 Å². The summed E-state index contributed by atoms with van der Waals surface area (Å²) < 4.78 is 81.3. The fourth-order valence-corrected chi connectivity index (χ4v) is 5.98. The molecule has 2 saturated heterocycles. The first-order valence-corrected chi connectivity index (χ1v) is 14.9. The summed E-state index contributed by atoms with van der Waals surface area (Å²) in [6.45, 7) is 4.56. The summed E-state index contributed by atoms with van der Waals surface area (Å²) in [7, 11) is 2.03. The minimum absolute atomic E-state index is 0.0258. The fourth-order valence-electron chi connectivity index (χ4n) is 5.98. The minimum atomic E-state index is -5.06. The number of hydrogen-bond donors (Lipinski definition) is 2. The predicted molar refractivity (Wildman–Crippen MR) is 156 cm³/mol. The highest BCUT2D eigenvalue weighted by atomic mass is 19.4. The lowest BCUT2D eigenvalue weighted by atomic mass is 9.98. The monoisotopic (exact) mass is 638 g/mol. The number of para-hydroxylation sites is 1. The van der Waals surface area contributed by atoms with Crippen LogP contribution in [0.15, 0.2) is 48.7 Å². The first-order valence-electron chi connectivity index (χ1n) is 14.9. The van der Waals surface area contributed by atoms with Gasteiger partial charge < -0.3 is 14.8 Å². The van der Waals surface area contributed by atoms with Crippen LogP contribution in [0.2, 0.25) is 0 Å². The van der Waals surface area contributed by atoms with Gasteiger partial charge in [-0.1, -0.05) is 18.2 Å². The average Bonchev–Trinajstić information content (AvgIpc) is 3.39. The van der Waals surface area contributed by atoms with Crippen molar-refractivity contribution in [3.05, 3.63) is 70.9 Å². The molecule has 2 aliphatic rings. The Kier molecular flexibility index (Phi) is 9.75. The number of nitrogens with zero attached hydrogens (tertiary/aromatic N) is 4. The molecule has 2 fully saturated rings. The number of aromatic nitrogens is 1. The molecule has 8 nitrogen and oxygen atoms in total. The molecule has 0 bridgehead atoms. The zero-order chi connectivity index (χ0) is 32.4. The summed E-state index contributed by atoms with van der Waals surface area (Å²) in [5, 5.41) is 2.82. The molecule has 0 radical (unpaired) electrons. The van der Waals surface area contributed by atoms with Crippen molar-refractivity contribution >= 4 is 22.7 Å². The second-order valence-corrected chi connectivity index (χ2v) is 11.7. The van der Waals surface area contributed by atoms with Gasteiger partial charge in [-0.3, -0.25) is 19.9 Å². The van der Waals surface area contributed by atoms with Gasteiger partial charge in [-0.2, -0.15) is 26.3 Å². The highest BCUT2D eigenvalue weighted by Gasteiger charge is 2.39. The largest absolute Gasteiger partial charge is 0.416 e. The van der Waals surface area contributed by atoms with Crippen LogP contribution in [0.5, 0.6) is 0 Å². The van der Waals surface area contributed by atoms with Crippen LogP contribution < -0.4 is 5.43 Å². The lowest BCUT2D eigenvalue weighted by molar-refractivity contribution is -0.143. The van der Waals surface area contributed by atoms with E-state index in [0.29, 0.717) is 51.0 Å². The number of rotatable bonds is 8. The molecule has 2 amide bonds. The molecular formula is C31H36F6N6O2. The van der Waals surface area contributed by atoms with Gasteiger partial charge >= 0.3 is 12.4 Å². The van der Waals surface area contributed by atoms with Crippen molar-refractivity contribution in [2.24, 2.45) is 0 Å². The van der Waals surface area contributed by atoms with Crippen molar-refractivity contribution in [1.29, 1.82) is 0 Å². The number of amides is 2. The number of nitrogens with one attached hydrogen (secondary N) is 2. The molecule has 2 N–H and O–H groups in total. The van der Waals surface area contributed by atoms with E-state index in [2.05, 4.69) is 20.2 Å². The number of fused-ring (bicyclic) bond motifs is 1. The Morgan fingerprint density at radius 3 is 2.24 bits per heavy atom. The van der Waals surface area contributed by atoms with Crippen molar-refractivity contribution in [3.63, 3.8) is 0 Å². The maximum atomic E-state index is 13.7. The number of halogens is 6. The summed E-state index contributed by atoms with van der Waals surface area (Å²) in [6, 6.07) is 8.01. The van der Waals surface area contributed by atoms with Gasteiger partial charge in [0.15, 0.2) is 0 Å². The van der Waals surface area contributed by atoms with Gasteiger partial charge in [-0.15, -0.1) is 0 Å². The number of benzene rings is 2. The molecule has 1 aromatic heterocycles. The van der Waals surface area contributed by atoms with Gasteiger partial charge in [-0.25, -0.2) is 5.01 Å². The van der Waals surface area contributed by atoms with Crippen molar-refractivity contribution in [2.75, 3.05) is 59.4 Å². The van der Waals surface area contributed by atoms with E-state index >= 15 is 0 Å². The van der Waals surface area contributed by atoms with Gasteiger partial charge in [0.1, 0.15) is 0 Å². The van der Waals surface area contributed by atoms with E-state index in [1.807, 2.05) is 36.3 Å². The van der Waals surface area contributed by atoms with E-state index in [1.165, 1.54) is 4.90 Å². The van der Waals surface area contributed by atoms with E-state index in [1.54, 1.807) is 6.20 Å². The first kappa shape index (κ1) is 32.8. The molecule has 0 saturated carbocycles. The second kappa shape index (κ2) is 13.4. The van der Waals surface area contributed by atoms with Crippen LogP contribution >= 0.6 is 0 Å². The number of aromatic amines is 1. The zero-order valence-corrected chi connectivity index (χ0v) is 24.8. The first-order chi connectivity index (χ1) is 21.3. The normalized spacial score (nSPS) is 19.3. The minimum Gasteiger partial charge on any atom is -0.361 e. The van der Waals surface area contributed by atoms with E-state index in [-0.39, 0.29) is 18.5 Å². The Balaban J connectivity index is 1.32. The number of piperazine rings is 2.